The molecule has 1 N–H and O–H groups in total. The van der Waals surface area contributed by atoms with Gasteiger partial charge < -0.3 is 9.64 Å². The Bertz CT molecular complexity index is 1440. The van der Waals surface area contributed by atoms with Crippen LogP contribution in [0.5, 0.6) is 0 Å². The van der Waals surface area contributed by atoms with Gasteiger partial charge in [0.15, 0.2) is 6.10 Å². The molecule has 38 heavy (non-hydrogen) atoms. The lowest BCUT2D eigenvalue weighted by Gasteiger charge is -2.40. The lowest BCUT2D eigenvalue weighted by atomic mass is 9.87. The molecule has 3 aromatic rings. The smallest absolute Gasteiger partial charge is 0.265 e. The lowest BCUT2D eigenvalue weighted by molar-refractivity contribution is -0.164. The number of ether oxygens (including phenoxy) is 1. The van der Waals surface area contributed by atoms with Crippen LogP contribution in [0.15, 0.2) is 77.7 Å². The van der Waals surface area contributed by atoms with Gasteiger partial charge >= 0.3 is 0 Å². The van der Waals surface area contributed by atoms with Crippen LogP contribution in [-0.4, -0.2) is 37.8 Å². The summed E-state index contributed by atoms with van der Waals surface area (Å²) < 4.78 is 47.7. The van der Waals surface area contributed by atoms with E-state index in [0.29, 0.717) is 16.1 Å². The van der Waals surface area contributed by atoms with Gasteiger partial charge in [0.25, 0.3) is 15.9 Å². The van der Waals surface area contributed by atoms with Gasteiger partial charge in [-0.25, -0.2) is 17.5 Å². The number of carbonyl (C=O) groups is 2. The van der Waals surface area contributed by atoms with Gasteiger partial charge in [0, 0.05) is 11.6 Å². The van der Waals surface area contributed by atoms with Crippen LogP contribution in [-0.2, 0) is 36.3 Å². The van der Waals surface area contributed by atoms with Crippen LogP contribution in [0.2, 0.25) is 5.02 Å². The van der Waals surface area contributed by atoms with E-state index in [1.54, 1.807) is 42.5 Å². The van der Waals surface area contributed by atoms with Gasteiger partial charge in [-0.1, -0.05) is 68.8 Å². The number of rotatable bonds is 6. The highest BCUT2D eigenvalue weighted by Crippen LogP contribution is 2.33. The Morgan fingerprint density at radius 1 is 1.08 bits per heavy atom. The van der Waals surface area contributed by atoms with E-state index in [1.165, 1.54) is 35.2 Å². The molecule has 10 heteroatoms. The average molecular weight is 559 g/mol. The van der Waals surface area contributed by atoms with Gasteiger partial charge in [-0.2, -0.15) is 0 Å². The molecule has 7 nitrogen and oxygen atoms in total. The van der Waals surface area contributed by atoms with E-state index in [0.717, 1.165) is 5.56 Å². The largest absolute Gasteiger partial charge is 0.356 e. The van der Waals surface area contributed by atoms with Crippen LogP contribution in [0.1, 0.15) is 43.5 Å². The van der Waals surface area contributed by atoms with Crippen molar-refractivity contribution < 1.29 is 27.1 Å². The second kappa shape index (κ2) is 10.8. The highest BCUT2D eigenvalue weighted by molar-refractivity contribution is 7.90. The highest BCUT2D eigenvalue weighted by Gasteiger charge is 2.43. The molecular formula is C28H28ClFN2O5S. The number of hydrogen-bond donors (Lipinski definition) is 1. The Labute approximate surface area is 226 Å². The molecule has 0 saturated carbocycles. The minimum absolute atomic E-state index is 0.0158. The zero-order chi connectivity index (χ0) is 27.7. The topological polar surface area (TPSA) is 92.8 Å². The Balaban J connectivity index is 1.65. The third kappa shape index (κ3) is 6.23. The number of nitrogens with one attached hydrogen (secondary N) is 1. The molecule has 1 aliphatic heterocycles. The third-order valence-corrected chi connectivity index (χ3v) is 7.92. The maximum absolute atomic E-state index is 13.9. The van der Waals surface area contributed by atoms with Crippen LogP contribution in [0.3, 0.4) is 0 Å². The van der Waals surface area contributed by atoms with Crippen molar-refractivity contribution in [3.8, 4) is 0 Å². The summed E-state index contributed by atoms with van der Waals surface area (Å²) in [6, 6.07) is 17.5. The van der Waals surface area contributed by atoms with E-state index < -0.39 is 46.4 Å². The Morgan fingerprint density at radius 3 is 2.34 bits per heavy atom. The van der Waals surface area contributed by atoms with E-state index in [-0.39, 0.29) is 16.9 Å². The monoisotopic (exact) mass is 558 g/mol. The molecule has 1 fully saturated rings. The van der Waals surface area contributed by atoms with Crippen molar-refractivity contribution in [2.45, 2.75) is 49.8 Å². The molecule has 2 atom stereocenters. The van der Waals surface area contributed by atoms with Crippen molar-refractivity contribution >= 4 is 33.4 Å². The Morgan fingerprint density at radius 2 is 1.74 bits per heavy atom. The first kappa shape index (κ1) is 27.8. The van der Waals surface area contributed by atoms with Crippen LogP contribution in [0.4, 0.5) is 4.39 Å². The van der Waals surface area contributed by atoms with Gasteiger partial charge in [-0.3, -0.25) is 9.59 Å². The number of sulfonamides is 1. The maximum Gasteiger partial charge on any atom is 0.265 e. The third-order valence-electron chi connectivity index (χ3n) is 6.31. The van der Waals surface area contributed by atoms with E-state index in [9.17, 15) is 22.4 Å². The molecule has 0 aromatic heterocycles. The van der Waals surface area contributed by atoms with Crippen molar-refractivity contribution in [1.29, 1.82) is 0 Å². The number of carbonyl (C=O) groups excluding carboxylic acids is 2. The number of benzene rings is 3. The molecule has 3 aromatic carbocycles. The summed E-state index contributed by atoms with van der Waals surface area (Å²) in [7, 11) is -4.23. The maximum atomic E-state index is 13.9. The van der Waals surface area contributed by atoms with Gasteiger partial charge in [0.2, 0.25) is 5.91 Å². The molecule has 0 radical (unpaired) electrons. The highest BCUT2D eigenvalue weighted by atomic mass is 35.5. The predicted molar refractivity (Wildman–Crippen MR) is 141 cm³/mol. The standard InChI is InChI=1S/C28H28ClFN2O5S/c1-28(2,3)20-9-13-23(14-10-20)38(35,36)31-27(34)26-25(19-7-11-21(29)12-8-19)32(24(33)17-37-26)16-18-5-4-6-22(30)15-18/h4-15,25-26H,16-17H2,1-3H3,(H,31,34)/t25-,26-/m1/s1. The molecule has 0 aliphatic carbocycles. The Kier molecular flexibility index (Phi) is 7.92. The summed E-state index contributed by atoms with van der Waals surface area (Å²) in [4.78, 5) is 27.6. The number of morpholine rings is 1. The van der Waals surface area contributed by atoms with Crippen molar-refractivity contribution in [3.63, 3.8) is 0 Å². The van der Waals surface area contributed by atoms with Crippen molar-refractivity contribution in [2.75, 3.05) is 6.61 Å². The fourth-order valence-corrected chi connectivity index (χ4v) is 5.41. The van der Waals surface area contributed by atoms with E-state index in [1.807, 2.05) is 20.8 Å². The first-order valence-electron chi connectivity index (χ1n) is 11.9. The summed E-state index contributed by atoms with van der Waals surface area (Å²) in [6.07, 6.45) is -1.36. The molecule has 1 heterocycles. The molecule has 0 spiro atoms. The number of amides is 2. The van der Waals surface area contributed by atoms with E-state index >= 15 is 0 Å². The second-order valence-electron chi connectivity index (χ2n) is 10.1. The molecule has 200 valence electrons. The van der Waals surface area contributed by atoms with Crippen LogP contribution < -0.4 is 4.72 Å². The second-order valence-corrected chi connectivity index (χ2v) is 12.2. The molecular weight excluding hydrogens is 531 g/mol. The molecule has 0 bridgehead atoms. The van der Waals surface area contributed by atoms with Gasteiger partial charge in [0.05, 0.1) is 10.9 Å². The first-order valence-corrected chi connectivity index (χ1v) is 13.8. The fourth-order valence-electron chi connectivity index (χ4n) is 4.29. The van der Waals surface area contributed by atoms with Gasteiger partial charge in [-0.05, 0) is 58.5 Å². The summed E-state index contributed by atoms with van der Waals surface area (Å²) in [5.74, 6) is -1.83. The van der Waals surface area contributed by atoms with Gasteiger partial charge in [-0.15, -0.1) is 0 Å². The van der Waals surface area contributed by atoms with Crippen molar-refractivity contribution in [1.82, 2.24) is 9.62 Å². The average Bonchev–Trinajstić information content (AvgIpc) is 2.85. The van der Waals surface area contributed by atoms with Crippen LogP contribution in [0.25, 0.3) is 0 Å². The van der Waals surface area contributed by atoms with Crippen molar-refractivity contribution in [3.05, 3.63) is 100 Å². The van der Waals surface area contributed by atoms with Gasteiger partial charge in [0.1, 0.15) is 12.4 Å². The molecule has 1 aliphatic rings. The quantitative estimate of drug-likeness (QED) is 0.471. The summed E-state index contributed by atoms with van der Waals surface area (Å²) in [6.45, 7) is 5.56. The summed E-state index contributed by atoms with van der Waals surface area (Å²) in [5.41, 5.74) is 1.77. The summed E-state index contributed by atoms with van der Waals surface area (Å²) >= 11 is 6.04. The van der Waals surface area contributed by atoms with Crippen LogP contribution in [0, 0.1) is 5.82 Å². The molecule has 1 saturated heterocycles. The fraction of sp³-hybridized carbons (Fsp3) is 0.286. The molecule has 4 rings (SSSR count). The SMILES string of the molecule is CC(C)(C)c1ccc(S(=O)(=O)NC(=O)[C@@H]2OCC(=O)N(Cc3cccc(F)c3)[C@@H]2c2ccc(Cl)cc2)cc1. The molecule has 2 amide bonds. The minimum atomic E-state index is -4.23. The van der Waals surface area contributed by atoms with Crippen molar-refractivity contribution in [2.24, 2.45) is 0 Å². The molecule has 0 unspecified atom stereocenters. The number of hydrogen-bond acceptors (Lipinski definition) is 5. The van der Waals surface area contributed by atoms with E-state index in [4.69, 9.17) is 16.3 Å². The normalized spacial score (nSPS) is 18.3. The van der Waals surface area contributed by atoms with Crippen LogP contribution >= 0.6 is 11.6 Å². The number of nitrogens with zero attached hydrogens (tertiary/aromatic N) is 1. The number of halogens is 2. The Hall–Kier alpha value is -3.27. The zero-order valence-electron chi connectivity index (χ0n) is 21.1. The lowest BCUT2D eigenvalue weighted by Crippen LogP contribution is -2.54. The minimum Gasteiger partial charge on any atom is -0.356 e. The zero-order valence-corrected chi connectivity index (χ0v) is 22.7. The van der Waals surface area contributed by atoms with E-state index in [2.05, 4.69) is 4.72 Å². The summed E-state index contributed by atoms with van der Waals surface area (Å²) in [5, 5.41) is 0.441. The first-order chi connectivity index (χ1) is 17.8. The predicted octanol–water partition coefficient (Wildman–Crippen LogP) is 4.75.